The Balaban J connectivity index is 2.44. The average Bonchev–Trinajstić information content (AvgIpc) is 1.98. The summed E-state index contributed by atoms with van der Waals surface area (Å²) < 4.78 is 0. The van der Waals surface area contributed by atoms with Crippen LogP contribution in [0, 0.1) is 0 Å². The van der Waals surface area contributed by atoms with Gasteiger partial charge in [0.25, 0.3) is 0 Å². The molecule has 1 fully saturated rings. The fraction of sp³-hybridized carbons (Fsp3) is 1.00. The third-order valence-electron chi connectivity index (χ3n) is 1.82. The normalized spacial score (nSPS) is 47.6. The predicted molar refractivity (Wildman–Crippen MR) is 33.2 cm³/mol. The molecular weight excluding hydrogens is 102 g/mol. The summed E-state index contributed by atoms with van der Waals surface area (Å²) in [5, 5.41) is 0. The number of rotatable bonds is 0. The van der Waals surface area contributed by atoms with Gasteiger partial charge in [-0.3, -0.25) is 0 Å². The Morgan fingerprint density at radius 1 is 0.875 bits per heavy atom. The Labute approximate surface area is 49.2 Å². The highest BCUT2D eigenvalue weighted by molar-refractivity contribution is 4.92. The first-order valence-corrected chi connectivity index (χ1v) is 2.98. The van der Waals surface area contributed by atoms with Crippen molar-refractivity contribution >= 4 is 0 Å². The average molecular weight is 115 g/mol. The Morgan fingerprint density at radius 3 is 1.38 bits per heavy atom. The molecule has 0 radical (unpaired) electrons. The molecule has 0 aliphatic heterocycles. The molecule has 1 aliphatic rings. The highest BCUT2D eigenvalue weighted by atomic mass is 14.9. The molecule has 0 saturated heterocycles. The van der Waals surface area contributed by atoms with Crippen molar-refractivity contribution in [2.45, 2.75) is 31.0 Å². The molecule has 2 atom stereocenters. The summed E-state index contributed by atoms with van der Waals surface area (Å²) in [4.78, 5) is 0. The van der Waals surface area contributed by atoms with E-state index in [1.54, 1.807) is 0 Å². The fourth-order valence-electron chi connectivity index (χ4n) is 1.09. The van der Waals surface area contributed by atoms with Crippen molar-refractivity contribution in [2.24, 2.45) is 17.2 Å². The smallest absolute Gasteiger partial charge is 0.0346 e. The van der Waals surface area contributed by atoms with Gasteiger partial charge < -0.3 is 17.2 Å². The highest BCUT2D eigenvalue weighted by Crippen LogP contribution is 2.13. The van der Waals surface area contributed by atoms with Crippen molar-refractivity contribution in [3.63, 3.8) is 0 Å². The van der Waals surface area contributed by atoms with Gasteiger partial charge in [0.1, 0.15) is 0 Å². The maximum absolute atomic E-state index is 5.57. The van der Waals surface area contributed by atoms with Crippen LogP contribution in [0.4, 0.5) is 0 Å². The summed E-state index contributed by atoms with van der Waals surface area (Å²) in [7, 11) is 0. The summed E-state index contributed by atoms with van der Waals surface area (Å²) in [6.07, 6.45) is 1.98. The topological polar surface area (TPSA) is 78.1 Å². The lowest BCUT2D eigenvalue weighted by Gasteiger charge is -2.12. The molecule has 0 aromatic carbocycles. The molecule has 0 heterocycles. The minimum atomic E-state index is 0.0370. The van der Waals surface area contributed by atoms with Gasteiger partial charge >= 0.3 is 0 Å². The van der Waals surface area contributed by atoms with Gasteiger partial charge in [0.2, 0.25) is 0 Å². The standard InChI is InChI=1S/C5H13N3/c6-3-1-2-4(7)5(3)8/h3-5H,1-2,6-8H2. The molecule has 0 bridgehead atoms. The zero-order valence-electron chi connectivity index (χ0n) is 4.88. The van der Waals surface area contributed by atoms with Gasteiger partial charge in [-0.2, -0.15) is 0 Å². The summed E-state index contributed by atoms with van der Waals surface area (Å²) in [6.45, 7) is 0. The van der Waals surface area contributed by atoms with Gasteiger partial charge in [-0.05, 0) is 12.8 Å². The van der Waals surface area contributed by atoms with E-state index in [2.05, 4.69) is 0 Å². The van der Waals surface area contributed by atoms with E-state index in [0.29, 0.717) is 0 Å². The van der Waals surface area contributed by atoms with Crippen LogP contribution in [-0.4, -0.2) is 18.1 Å². The van der Waals surface area contributed by atoms with Gasteiger partial charge in [0, 0.05) is 18.1 Å². The van der Waals surface area contributed by atoms with Crippen LogP contribution in [0.15, 0.2) is 0 Å². The maximum atomic E-state index is 5.57. The van der Waals surface area contributed by atoms with Crippen molar-refractivity contribution in [3.05, 3.63) is 0 Å². The summed E-state index contributed by atoms with van der Waals surface area (Å²) in [5.41, 5.74) is 16.7. The maximum Gasteiger partial charge on any atom is 0.0346 e. The molecule has 0 spiro atoms. The van der Waals surface area contributed by atoms with E-state index in [-0.39, 0.29) is 18.1 Å². The summed E-state index contributed by atoms with van der Waals surface area (Å²) in [6, 6.07) is 0.324. The highest BCUT2D eigenvalue weighted by Gasteiger charge is 2.27. The van der Waals surface area contributed by atoms with Crippen LogP contribution in [0.3, 0.4) is 0 Å². The van der Waals surface area contributed by atoms with Crippen molar-refractivity contribution in [3.8, 4) is 0 Å². The van der Waals surface area contributed by atoms with Gasteiger partial charge in [-0.15, -0.1) is 0 Å². The van der Waals surface area contributed by atoms with Crippen LogP contribution < -0.4 is 17.2 Å². The third-order valence-corrected chi connectivity index (χ3v) is 1.82. The first-order chi connectivity index (χ1) is 3.72. The van der Waals surface area contributed by atoms with E-state index in [4.69, 9.17) is 17.2 Å². The van der Waals surface area contributed by atoms with E-state index in [0.717, 1.165) is 12.8 Å². The molecule has 3 nitrogen and oxygen atoms in total. The molecule has 1 aliphatic carbocycles. The van der Waals surface area contributed by atoms with Crippen molar-refractivity contribution < 1.29 is 0 Å². The molecule has 3 heteroatoms. The van der Waals surface area contributed by atoms with E-state index < -0.39 is 0 Å². The summed E-state index contributed by atoms with van der Waals surface area (Å²) in [5.74, 6) is 0. The Hall–Kier alpha value is -0.120. The third kappa shape index (κ3) is 0.844. The first-order valence-electron chi connectivity index (χ1n) is 2.98. The number of hydrogen-bond donors (Lipinski definition) is 3. The predicted octanol–water partition coefficient (Wildman–Crippen LogP) is -1.24. The molecule has 8 heavy (non-hydrogen) atoms. The SMILES string of the molecule is NC1CCC(N)C1N. The second kappa shape index (κ2) is 2.01. The Morgan fingerprint density at radius 2 is 1.25 bits per heavy atom. The minimum absolute atomic E-state index is 0.0370. The van der Waals surface area contributed by atoms with Crippen LogP contribution in [0.1, 0.15) is 12.8 Å². The Kier molecular flexibility index (Phi) is 1.51. The van der Waals surface area contributed by atoms with Gasteiger partial charge in [-0.25, -0.2) is 0 Å². The zero-order valence-corrected chi connectivity index (χ0v) is 4.88. The second-order valence-electron chi connectivity index (χ2n) is 2.48. The Bertz CT molecular complexity index is 73.7. The van der Waals surface area contributed by atoms with E-state index >= 15 is 0 Å². The zero-order chi connectivity index (χ0) is 6.15. The van der Waals surface area contributed by atoms with E-state index in [1.165, 1.54) is 0 Å². The van der Waals surface area contributed by atoms with Crippen LogP contribution in [0.5, 0.6) is 0 Å². The summed E-state index contributed by atoms with van der Waals surface area (Å²) >= 11 is 0. The monoisotopic (exact) mass is 115 g/mol. The quantitative estimate of drug-likeness (QED) is 0.369. The molecule has 6 N–H and O–H groups in total. The van der Waals surface area contributed by atoms with Crippen molar-refractivity contribution in [1.29, 1.82) is 0 Å². The molecule has 0 amide bonds. The van der Waals surface area contributed by atoms with Crippen molar-refractivity contribution in [2.75, 3.05) is 0 Å². The lowest BCUT2D eigenvalue weighted by Crippen LogP contribution is -2.46. The molecule has 0 aromatic rings. The lowest BCUT2D eigenvalue weighted by atomic mass is 10.2. The van der Waals surface area contributed by atoms with Gasteiger partial charge in [0.15, 0.2) is 0 Å². The minimum Gasteiger partial charge on any atom is -0.326 e. The van der Waals surface area contributed by atoms with Crippen LogP contribution in [-0.2, 0) is 0 Å². The molecule has 1 saturated carbocycles. The first kappa shape index (κ1) is 6.01. The van der Waals surface area contributed by atoms with E-state index in [1.807, 2.05) is 0 Å². The van der Waals surface area contributed by atoms with Crippen LogP contribution in [0.25, 0.3) is 0 Å². The van der Waals surface area contributed by atoms with Crippen molar-refractivity contribution in [1.82, 2.24) is 0 Å². The molecule has 2 unspecified atom stereocenters. The number of hydrogen-bond acceptors (Lipinski definition) is 3. The van der Waals surface area contributed by atoms with Gasteiger partial charge in [-0.1, -0.05) is 0 Å². The van der Waals surface area contributed by atoms with Crippen LogP contribution >= 0.6 is 0 Å². The van der Waals surface area contributed by atoms with Crippen LogP contribution in [0.2, 0.25) is 0 Å². The van der Waals surface area contributed by atoms with Gasteiger partial charge in [0.05, 0.1) is 0 Å². The largest absolute Gasteiger partial charge is 0.326 e. The molecular formula is C5H13N3. The fourth-order valence-corrected chi connectivity index (χ4v) is 1.09. The molecule has 0 aromatic heterocycles. The molecule has 1 rings (SSSR count). The molecule has 48 valence electrons. The number of nitrogens with two attached hydrogens (primary N) is 3. The van der Waals surface area contributed by atoms with E-state index in [9.17, 15) is 0 Å². The lowest BCUT2D eigenvalue weighted by molar-refractivity contribution is 0.553. The second-order valence-corrected chi connectivity index (χ2v) is 2.48.